The second-order valence-corrected chi connectivity index (χ2v) is 8.56. The van der Waals surface area contributed by atoms with E-state index in [1.165, 1.54) is 26.2 Å². The summed E-state index contributed by atoms with van der Waals surface area (Å²) in [6.07, 6.45) is 0. The minimum absolute atomic E-state index is 0.0779. The van der Waals surface area contributed by atoms with Gasteiger partial charge < -0.3 is 15.8 Å². The Hall–Kier alpha value is -2.91. The van der Waals surface area contributed by atoms with Gasteiger partial charge in [-0.05, 0) is 49.2 Å². The number of hydrogen-bond acceptors (Lipinski definition) is 5. The summed E-state index contributed by atoms with van der Waals surface area (Å²) in [5, 5.41) is 2.73. The highest BCUT2D eigenvalue weighted by Gasteiger charge is 2.21. The second-order valence-electron chi connectivity index (χ2n) is 6.41. The second kappa shape index (κ2) is 8.41. The third-order valence-electron chi connectivity index (χ3n) is 4.17. The zero-order valence-electron chi connectivity index (χ0n) is 16.1. The number of carbonyl (C=O) groups is 2. The smallest absolute Gasteiger partial charge is 0.259 e. The van der Waals surface area contributed by atoms with Crippen LogP contribution in [0, 0.1) is 13.8 Å². The van der Waals surface area contributed by atoms with Gasteiger partial charge in [0, 0.05) is 19.8 Å². The van der Waals surface area contributed by atoms with Crippen LogP contribution in [0.1, 0.15) is 21.5 Å². The van der Waals surface area contributed by atoms with Crippen LogP contribution in [-0.2, 0) is 14.8 Å². The summed E-state index contributed by atoms with van der Waals surface area (Å²) in [6.45, 7) is 3.19. The Balaban J connectivity index is 2.40. The summed E-state index contributed by atoms with van der Waals surface area (Å²) in [6, 6.07) is 9.37. The van der Waals surface area contributed by atoms with Crippen molar-refractivity contribution in [1.82, 2.24) is 4.31 Å². The highest BCUT2D eigenvalue weighted by Crippen LogP contribution is 2.27. The molecule has 2 amide bonds. The molecule has 3 N–H and O–H groups in total. The molecule has 0 saturated carbocycles. The fraction of sp³-hybridized carbons (Fsp3) is 0.263. The Morgan fingerprint density at radius 2 is 1.79 bits per heavy atom. The molecule has 0 aliphatic carbocycles. The number of nitrogens with one attached hydrogen (secondary N) is 1. The van der Waals surface area contributed by atoms with E-state index in [0.29, 0.717) is 5.69 Å². The Kier molecular flexibility index (Phi) is 6.42. The van der Waals surface area contributed by atoms with Crippen molar-refractivity contribution in [3.8, 4) is 5.75 Å². The van der Waals surface area contributed by atoms with E-state index in [2.05, 4.69) is 5.32 Å². The van der Waals surface area contributed by atoms with E-state index in [1.807, 2.05) is 0 Å². The molecule has 28 heavy (non-hydrogen) atoms. The van der Waals surface area contributed by atoms with Crippen molar-refractivity contribution in [1.29, 1.82) is 0 Å². The van der Waals surface area contributed by atoms with Gasteiger partial charge in [-0.3, -0.25) is 9.59 Å². The summed E-state index contributed by atoms with van der Waals surface area (Å²) in [4.78, 5) is 23.8. The zero-order chi connectivity index (χ0) is 21.1. The summed E-state index contributed by atoms with van der Waals surface area (Å²) in [7, 11) is -0.780. The molecule has 2 aromatic rings. The largest absolute Gasteiger partial charge is 0.483 e. The maximum Gasteiger partial charge on any atom is 0.259 e. The van der Waals surface area contributed by atoms with Crippen molar-refractivity contribution < 1.29 is 22.7 Å². The number of carbonyl (C=O) groups excluding carboxylic acids is 2. The number of ether oxygens (including phenoxy) is 1. The van der Waals surface area contributed by atoms with Crippen molar-refractivity contribution in [2.45, 2.75) is 18.7 Å². The van der Waals surface area contributed by atoms with E-state index in [9.17, 15) is 18.0 Å². The minimum atomic E-state index is -3.66. The van der Waals surface area contributed by atoms with Gasteiger partial charge in [-0.1, -0.05) is 12.1 Å². The molecule has 0 spiro atoms. The molecule has 0 heterocycles. The lowest BCUT2D eigenvalue weighted by Crippen LogP contribution is -2.23. The predicted octanol–water partition coefficient (Wildman–Crippen LogP) is 1.67. The van der Waals surface area contributed by atoms with Crippen LogP contribution < -0.4 is 15.8 Å². The summed E-state index contributed by atoms with van der Waals surface area (Å²) < 4.78 is 31.3. The Morgan fingerprint density at radius 1 is 1.14 bits per heavy atom. The Labute approximate surface area is 164 Å². The highest BCUT2D eigenvalue weighted by molar-refractivity contribution is 7.89. The first-order valence-corrected chi connectivity index (χ1v) is 9.83. The molecule has 9 heteroatoms. The van der Waals surface area contributed by atoms with Crippen LogP contribution in [0.2, 0.25) is 0 Å². The van der Waals surface area contributed by atoms with E-state index in [0.717, 1.165) is 15.4 Å². The van der Waals surface area contributed by atoms with E-state index >= 15 is 0 Å². The number of hydrogen-bond donors (Lipinski definition) is 2. The van der Waals surface area contributed by atoms with Crippen LogP contribution in [0.15, 0.2) is 41.3 Å². The van der Waals surface area contributed by atoms with Gasteiger partial charge in [-0.2, -0.15) is 0 Å². The van der Waals surface area contributed by atoms with Gasteiger partial charge in [-0.15, -0.1) is 0 Å². The molecule has 0 aromatic heterocycles. The Bertz CT molecular complexity index is 1020. The van der Waals surface area contributed by atoms with E-state index < -0.39 is 21.8 Å². The molecule has 8 nitrogen and oxygen atoms in total. The average Bonchev–Trinajstić information content (AvgIpc) is 2.63. The third-order valence-corrected chi connectivity index (χ3v) is 5.96. The molecule has 0 aliphatic heterocycles. The molecule has 0 radical (unpaired) electrons. The number of primary amides is 1. The number of nitrogens with zero attached hydrogens (tertiary/aromatic N) is 1. The molecule has 0 fully saturated rings. The van der Waals surface area contributed by atoms with Crippen molar-refractivity contribution in [3.05, 3.63) is 53.1 Å². The molecule has 0 atom stereocenters. The molecule has 0 aliphatic rings. The van der Waals surface area contributed by atoms with Gasteiger partial charge in [0.05, 0.1) is 10.5 Å². The predicted molar refractivity (Wildman–Crippen MR) is 106 cm³/mol. The fourth-order valence-electron chi connectivity index (χ4n) is 2.43. The lowest BCUT2D eigenvalue weighted by molar-refractivity contribution is -0.119. The van der Waals surface area contributed by atoms with Crippen LogP contribution in [0.3, 0.4) is 0 Å². The summed E-state index contributed by atoms with van der Waals surface area (Å²) in [5.74, 6) is -0.963. The van der Waals surface area contributed by atoms with Crippen molar-refractivity contribution in [2.75, 3.05) is 26.0 Å². The summed E-state index contributed by atoms with van der Waals surface area (Å²) in [5.41, 5.74) is 7.11. The number of sulfonamides is 1. The molecule has 150 valence electrons. The number of anilines is 1. The number of benzene rings is 2. The standard InChI is InChI=1S/C19H23N3O5S/c1-12-9-14(28(25,26)22(3)4)10-16(13(12)2)21-19(24)15-7-5-6-8-17(15)27-11-18(20)23/h5-10H,11H2,1-4H3,(H2,20,23)(H,21,24). The lowest BCUT2D eigenvalue weighted by atomic mass is 10.1. The number of aryl methyl sites for hydroxylation is 1. The average molecular weight is 405 g/mol. The van der Waals surface area contributed by atoms with E-state index in [1.54, 1.807) is 38.1 Å². The van der Waals surface area contributed by atoms with Crippen LogP contribution in [0.4, 0.5) is 5.69 Å². The first kappa shape index (κ1) is 21.4. The van der Waals surface area contributed by atoms with Crippen LogP contribution in [0.25, 0.3) is 0 Å². The third kappa shape index (κ3) is 4.68. The first-order chi connectivity index (χ1) is 13.0. The van der Waals surface area contributed by atoms with Gasteiger partial charge in [0.2, 0.25) is 10.0 Å². The van der Waals surface area contributed by atoms with Crippen molar-refractivity contribution in [3.63, 3.8) is 0 Å². The van der Waals surface area contributed by atoms with Crippen molar-refractivity contribution in [2.24, 2.45) is 5.73 Å². The molecule has 2 rings (SSSR count). The molecule has 0 unspecified atom stereocenters. The van der Waals surface area contributed by atoms with E-state index in [-0.39, 0.29) is 22.8 Å². The fourth-order valence-corrected chi connectivity index (χ4v) is 3.45. The maximum atomic E-state index is 12.8. The van der Waals surface area contributed by atoms with Crippen molar-refractivity contribution >= 4 is 27.5 Å². The quantitative estimate of drug-likeness (QED) is 0.726. The molecular formula is C19H23N3O5S. The normalized spacial score (nSPS) is 11.3. The van der Waals surface area contributed by atoms with Crippen LogP contribution in [0.5, 0.6) is 5.75 Å². The Morgan fingerprint density at radius 3 is 2.39 bits per heavy atom. The van der Waals surface area contributed by atoms with E-state index in [4.69, 9.17) is 10.5 Å². The van der Waals surface area contributed by atoms with Gasteiger partial charge >= 0.3 is 0 Å². The number of rotatable bonds is 7. The topological polar surface area (TPSA) is 119 Å². The molecule has 2 aromatic carbocycles. The van der Waals surface area contributed by atoms with Gasteiger partial charge in [0.1, 0.15) is 5.75 Å². The monoisotopic (exact) mass is 405 g/mol. The molecular weight excluding hydrogens is 382 g/mol. The SMILES string of the molecule is Cc1cc(S(=O)(=O)N(C)C)cc(NC(=O)c2ccccc2OCC(N)=O)c1C. The number of amides is 2. The highest BCUT2D eigenvalue weighted by atomic mass is 32.2. The van der Waals surface area contributed by atoms with Crippen LogP contribution >= 0.6 is 0 Å². The first-order valence-electron chi connectivity index (χ1n) is 8.39. The van der Waals surface area contributed by atoms with Gasteiger partial charge in [0.25, 0.3) is 11.8 Å². The number of nitrogens with two attached hydrogens (primary N) is 1. The number of para-hydroxylation sites is 1. The van der Waals surface area contributed by atoms with Gasteiger partial charge in [-0.25, -0.2) is 12.7 Å². The molecule has 0 bridgehead atoms. The molecule has 0 saturated heterocycles. The lowest BCUT2D eigenvalue weighted by Gasteiger charge is -2.17. The summed E-state index contributed by atoms with van der Waals surface area (Å²) >= 11 is 0. The minimum Gasteiger partial charge on any atom is -0.483 e. The van der Waals surface area contributed by atoms with Gasteiger partial charge in [0.15, 0.2) is 6.61 Å². The van der Waals surface area contributed by atoms with Crippen LogP contribution in [-0.4, -0.2) is 45.2 Å². The maximum absolute atomic E-state index is 12.8. The zero-order valence-corrected chi connectivity index (χ0v) is 17.0.